The first-order valence-corrected chi connectivity index (χ1v) is 11.8. The van der Waals surface area contributed by atoms with Crippen LogP contribution in [0, 0.1) is 0 Å². The number of rotatable bonds is 4. The van der Waals surface area contributed by atoms with E-state index in [9.17, 15) is 25.2 Å². The maximum absolute atomic E-state index is 13.8. The lowest BCUT2D eigenvalue weighted by molar-refractivity contribution is -0.268. The van der Waals surface area contributed by atoms with Gasteiger partial charge in [0.1, 0.15) is 46.5 Å². The molecule has 0 saturated carbocycles. The van der Waals surface area contributed by atoms with Crippen LogP contribution in [0.25, 0.3) is 28.4 Å². The summed E-state index contributed by atoms with van der Waals surface area (Å²) in [6, 6.07) is 7.98. The van der Waals surface area contributed by atoms with Crippen LogP contribution in [0.2, 0.25) is 0 Å². The smallest absolute Gasteiger partial charge is 0.239 e. The van der Waals surface area contributed by atoms with E-state index in [0.717, 1.165) is 0 Å². The second kappa shape index (κ2) is 9.07. The molecule has 2 aliphatic rings. The molecule has 1 fully saturated rings. The van der Waals surface area contributed by atoms with Crippen molar-refractivity contribution in [1.82, 2.24) is 0 Å². The van der Waals surface area contributed by atoms with E-state index in [1.807, 2.05) is 19.9 Å². The van der Waals surface area contributed by atoms with Crippen LogP contribution in [-0.4, -0.2) is 63.8 Å². The zero-order valence-electron chi connectivity index (χ0n) is 20.7. The van der Waals surface area contributed by atoms with Crippen molar-refractivity contribution in [3.8, 4) is 34.3 Å². The van der Waals surface area contributed by atoms with Crippen LogP contribution in [0.5, 0.6) is 23.0 Å². The fourth-order valence-corrected chi connectivity index (χ4v) is 4.44. The zero-order chi connectivity index (χ0) is 26.6. The first-order valence-electron chi connectivity index (χ1n) is 11.8. The average molecular weight is 513 g/mol. The van der Waals surface area contributed by atoms with Crippen molar-refractivity contribution < 1.29 is 43.8 Å². The van der Waals surface area contributed by atoms with Gasteiger partial charge in [0.05, 0.1) is 18.8 Å². The van der Waals surface area contributed by atoms with Crippen molar-refractivity contribution in [2.75, 3.05) is 7.11 Å². The first-order chi connectivity index (χ1) is 17.5. The zero-order valence-corrected chi connectivity index (χ0v) is 20.7. The molecule has 4 N–H and O–H groups in total. The summed E-state index contributed by atoms with van der Waals surface area (Å²) in [6.07, 6.45) is -3.42. The molecule has 3 aromatic rings. The summed E-state index contributed by atoms with van der Waals surface area (Å²) in [7, 11) is 1.52. The van der Waals surface area contributed by atoms with Gasteiger partial charge in [-0.05, 0) is 57.2 Å². The van der Waals surface area contributed by atoms with Crippen molar-refractivity contribution in [1.29, 1.82) is 0 Å². The molecule has 5 rings (SSSR count). The predicted octanol–water partition coefficient (Wildman–Crippen LogP) is 2.56. The van der Waals surface area contributed by atoms with Crippen molar-refractivity contribution in [3.05, 3.63) is 52.2 Å². The third-order valence-electron chi connectivity index (χ3n) is 6.52. The van der Waals surface area contributed by atoms with Gasteiger partial charge in [0.15, 0.2) is 11.3 Å². The van der Waals surface area contributed by atoms with E-state index in [-0.39, 0.29) is 28.2 Å². The number of fused-ring (bicyclic) bond motifs is 3. The summed E-state index contributed by atoms with van der Waals surface area (Å²) >= 11 is 0. The number of aliphatic hydroxyl groups excluding tert-OH is 3. The Kier molecular flexibility index (Phi) is 6.15. The molecule has 0 radical (unpaired) electrons. The molecule has 0 unspecified atom stereocenters. The van der Waals surface area contributed by atoms with Gasteiger partial charge >= 0.3 is 0 Å². The molecule has 1 aromatic heterocycles. The summed E-state index contributed by atoms with van der Waals surface area (Å²) in [5.74, 6) is 0.171. The van der Waals surface area contributed by atoms with Crippen LogP contribution < -0.4 is 19.6 Å². The van der Waals surface area contributed by atoms with E-state index in [1.165, 1.54) is 20.1 Å². The first kappa shape index (κ1) is 25.1. The molecule has 2 aliphatic heterocycles. The number of phenolic OH excluding ortho intramolecular Hbond substituents is 1. The highest BCUT2D eigenvalue weighted by Crippen LogP contribution is 2.43. The highest BCUT2D eigenvalue weighted by molar-refractivity contribution is 5.95. The van der Waals surface area contributed by atoms with Gasteiger partial charge in [-0.2, -0.15) is 0 Å². The predicted molar refractivity (Wildman–Crippen MR) is 133 cm³/mol. The lowest BCUT2D eigenvalue weighted by atomic mass is 9.99. The van der Waals surface area contributed by atoms with Crippen LogP contribution in [0.3, 0.4) is 0 Å². The number of hydrogen-bond donors (Lipinski definition) is 4. The Morgan fingerprint density at radius 3 is 2.41 bits per heavy atom. The normalized spacial score (nSPS) is 26.4. The Labute approximate surface area is 211 Å². The van der Waals surface area contributed by atoms with Crippen LogP contribution in [-0.2, 0) is 4.74 Å². The molecule has 0 bridgehead atoms. The van der Waals surface area contributed by atoms with Gasteiger partial charge in [0.25, 0.3) is 0 Å². The summed E-state index contributed by atoms with van der Waals surface area (Å²) < 4.78 is 28.8. The van der Waals surface area contributed by atoms with Crippen LogP contribution in [0.15, 0.2) is 45.6 Å². The molecule has 196 valence electrons. The average Bonchev–Trinajstić information content (AvgIpc) is 2.86. The lowest BCUT2D eigenvalue weighted by Gasteiger charge is -2.38. The van der Waals surface area contributed by atoms with Gasteiger partial charge < -0.3 is 43.8 Å². The highest BCUT2D eigenvalue weighted by atomic mass is 16.7. The molecule has 10 nitrogen and oxygen atoms in total. The molecule has 0 spiro atoms. The molecule has 0 aliphatic carbocycles. The number of aliphatic hydroxyl groups is 3. The number of benzene rings is 2. The van der Waals surface area contributed by atoms with Gasteiger partial charge in [0, 0.05) is 11.6 Å². The molecule has 1 saturated heterocycles. The number of ether oxygens (including phenoxy) is 4. The molecule has 3 heterocycles. The van der Waals surface area contributed by atoms with E-state index >= 15 is 0 Å². The highest BCUT2D eigenvalue weighted by Gasteiger charge is 2.44. The van der Waals surface area contributed by atoms with E-state index in [2.05, 4.69) is 0 Å². The summed E-state index contributed by atoms with van der Waals surface area (Å²) in [5.41, 5.74) is -0.377. The SMILES string of the molecule is COc1ccc(-c2oc3c4c(cc(O)c3c(=O)c2O[C@@H]2O[C@@H](C)[C@H](O)[C@@H](O)[C@H]2O)OC(C)(C)C=C4)cc1. The number of aromatic hydroxyl groups is 1. The number of phenols is 1. The number of hydrogen-bond acceptors (Lipinski definition) is 10. The fourth-order valence-electron chi connectivity index (χ4n) is 4.44. The Morgan fingerprint density at radius 1 is 1.03 bits per heavy atom. The molecule has 2 aromatic carbocycles. The lowest BCUT2D eigenvalue weighted by Crippen LogP contribution is -2.58. The fraction of sp³-hybridized carbons (Fsp3) is 0.370. The van der Waals surface area contributed by atoms with Gasteiger partial charge in [-0.1, -0.05) is 0 Å². The van der Waals surface area contributed by atoms with Crippen molar-refractivity contribution in [3.63, 3.8) is 0 Å². The maximum Gasteiger partial charge on any atom is 0.239 e. The Hall–Kier alpha value is -3.57. The molecule has 10 heteroatoms. The van der Waals surface area contributed by atoms with E-state index < -0.39 is 41.7 Å². The summed E-state index contributed by atoms with van der Waals surface area (Å²) in [5, 5.41) is 41.4. The van der Waals surface area contributed by atoms with Gasteiger partial charge in [0.2, 0.25) is 17.5 Å². The van der Waals surface area contributed by atoms with Gasteiger partial charge in [-0.15, -0.1) is 0 Å². The molecule has 5 atom stereocenters. The molecular weight excluding hydrogens is 484 g/mol. The molecule has 37 heavy (non-hydrogen) atoms. The topological polar surface area (TPSA) is 148 Å². The third-order valence-corrected chi connectivity index (χ3v) is 6.52. The summed E-state index contributed by atoms with van der Waals surface area (Å²) in [6.45, 7) is 5.20. The van der Waals surface area contributed by atoms with Crippen LogP contribution in [0.1, 0.15) is 26.3 Å². The van der Waals surface area contributed by atoms with Crippen LogP contribution >= 0.6 is 0 Å². The van der Waals surface area contributed by atoms with Crippen molar-refractivity contribution >= 4 is 17.0 Å². The minimum absolute atomic E-state index is 0.00440. The minimum Gasteiger partial charge on any atom is -0.507 e. The maximum atomic E-state index is 13.8. The molecule has 0 amide bonds. The largest absolute Gasteiger partial charge is 0.507 e. The monoisotopic (exact) mass is 512 g/mol. The van der Waals surface area contributed by atoms with Crippen LogP contribution in [0.4, 0.5) is 0 Å². The third kappa shape index (κ3) is 4.31. The van der Waals surface area contributed by atoms with E-state index in [1.54, 1.807) is 30.3 Å². The minimum atomic E-state index is -1.67. The van der Waals surface area contributed by atoms with Crippen molar-refractivity contribution in [2.45, 2.75) is 57.1 Å². The standard InChI is InChI=1S/C27H28O10/c1-12-19(29)21(31)22(32)26(34-12)36-25-20(30)18-16(28)11-17-15(9-10-27(2,3)37-17)24(18)35-23(25)13-5-7-14(33-4)8-6-13/h5-12,19,21-22,26,28-29,31-32H,1-4H3/t12-,19-,21+,22+,26-/m0/s1. The summed E-state index contributed by atoms with van der Waals surface area (Å²) in [4.78, 5) is 13.8. The van der Waals surface area contributed by atoms with Gasteiger partial charge in [-0.25, -0.2) is 0 Å². The van der Waals surface area contributed by atoms with Crippen molar-refractivity contribution in [2.24, 2.45) is 0 Å². The Balaban J connectivity index is 1.73. The van der Waals surface area contributed by atoms with E-state index in [4.69, 9.17) is 23.4 Å². The second-order valence-electron chi connectivity index (χ2n) is 9.67. The molecular formula is C27H28O10. The Bertz CT molecular complexity index is 1420. The van der Waals surface area contributed by atoms with Gasteiger partial charge in [-0.3, -0.25) is 4.79 Å². The quantitative estimate of drug-likeness (QED) is 0.411. The number of methoxy groups -OCH3 is 1. The Morgan fingerprint density at radius 2 is 1.73 bits per heavy atom. The second-order valence-corrected chi connectivity index (χ2v) is 9.67. The van der Waals surface area contributed by atoms with E-state index in [0.29, 0.717) is 22.6 Å².